The van der Waals surface area contributed by atoms with E-state index in [1.165, 1.54) is 4.68 Å². The minimum absolute atomic E-state index is 0.0288. The molecule has 1 amide bonds. The van der Waals surface area contributed by atoms with Gasteiger partial charge in [0.15, 0.2) is 0 Å². The number of nitrogens with one attached hydrogen (secondary N) is 1. The smallest absolute Gasteiger partial charge is 0.274 e. The molecule has 0 aliphatic carbocycles. The molecule has 8 nitrogen and oxygen atoms in total. The number of aryl methyl sites for hydroxylation is 1. The third-order valence-electron chi connectivity index (χ3n) is 4.98. The normalized spacial score (nSPS) is 14.7. The van der Waals surface area contributed by atoms with E-state index >= 15 is 0 Å². The van der Waals surface area contributed by atoms with Crippen LogP contribution in [-0.2, 0) is 17.8 Å². The number of hydrogen-bond acceptors (Lipinski definition) is 5. The maximum atomic E-state index is 12.6. The molecule has 1 saturated heterocycles. The molecule has 1 aliphatic heterocycles. The van der Waals surface area contributed by atoms with Gasteiger partial charge in [-0.15, -0.1) is 0 Å². The minimum Gasteiger partial charge on any atom is -0.353 e. The molecule has 0 radical (unpaired) electrons. The summed E-state index contributed by atoms with van der Waals surface area (Å²) in [6, 6.07) is 9.28. The summed E-state index contributed by atoms with van der Waals surface area (Å²) in [5.41, 5.74) is 1.60. The van der Waals surface area contributed by atoms with Crippen LogP contribution in [0, 0.1) is 0 Å². The van der Waals surface area contributed by atoms with Gasteiger partial charge in [0.05, 0.1) is 10.9 Å². The van der Waals surface area contributed by atoms with E-state index in [1.807, 2.05) is 24.3 Å². The number of carbonyl (C=O) groups excluding carboxylic acids is 1. The standard InChI is InChI=1S/C19H22N6O2/c1-2-14-11-17(21-13-20-14)23-7-9-24(10-8-23)18(26)12-25-19(27)15-5-3-4-6-16(15)22-25/h3-6,11,13,22H,2,7-10,12H2,1H3. The second-order valence-electron chi connectivity index (χ2n) is 6.64. The Morgan fingerprint density at radius 1 is 1.15 bits per heavy atom. The summed E-state index contributed by atoms with van der Waals surface area (Å²) in [5.74, 6) is 0.848. The lowest BCUT2D eigenvalue weighted by molar-refractivity contribution is -0.132. The van der Waals surface area contributed by atoms with Crippen LogP contribution in [0.3, 0.4) is 0 Å². The van der Waals surface area contributed by atoms with Gasteiger partial charge < -0.3 is 9.80 Å². The Hall–Kier alpha value is -3.16. The lowest BCUT2D eigenvalue weighted by Crippen LogP contribution is -2.50. The molecule has 3 heterocycles. The van der Waals surface area contributed by atoms with Crippen molar-refractivity contribution in [2.24, 2.45) is 0 Å². The molecule has 1 N–H and O–H groups in total. The van der Waals surface area contributed by atoms with Crippen molar-refractivity contribution in [1.82, 2.24) is 24.6 Å². The SMILES string of the molecule is CCc1cc(N2CCN(C(=O)Cn3[nH]c4ccccc4c3=O)CC2)ncn1. The van der Waals surface area contributed by atoms with E-state index in [0.717, 1.165) is 23.4 Å². The third-order valence-corrected chi connectivity index (χ3v) is 4.98. The summed E-state index contributed by atoms with van der Waals surface area (Å²) >= 11 is 0. The van der Waals surface area contributed by atoms with Gasteiger partial charge in [0.2, 0.25) is 5.91 Å². The molecule has 3 aromatic rings. The first-order valence-corrected chi connectivity index (χ1v) is 9.17. The highest BCUT2D eigenvalue weighted by Crippen LogP contribution is 2.14. The maximum Gasteiger partial charge on any atom is 0.274 e. The monoisotopic (exact) mass is 366 g/mol. The first-order valence-electron chi connectivity index (χ1n) is 9.17. The van der Waals surface area contributed by atoms with Crippen molar-refractivity contribution in [3.8, 4) is 0 Å². The predicted molar refractivity (Wildman–Crippen MR) is 103 cm³/mol. The summed E-state index contributed by atoms with van der Waals surface area (Å²) in [4.78, 5) is 37.6. The van der Waals surface area contributed by atoms with Crippen molar-refractivity contribution < 1.29 is 4.79 Å². The van der Waals surface area contributed by atoms with Gasteiger partial charge in [0.25, 0.3) is 5.56 Å². The molecule has 0 spiro atoms. The Balaban J connectivity index is 1.41. The molecule has 140 valence electrons. The van der Waals surface area contributed by atoms with E-state index in [0.29, 0.717) is 31.6 Å². The van der Waals surface area contributed by atoms with Crippen LogP contribution in [0.25, 0.3) is 10.9 Å². The van der Waals surface area contributed by atoms with Crippen LogP contribution in [0.4, 0.5) is 5.82 Å². The number of piperazine rings is 1. The van der Waals surface area contributed by atoms with Gasteiger partial charge in [-0.3, -0.25) is 14.7 Å². The van der Waals surface area contributed by atoms with Crippen molar-refractivity contribution in [2.75, 3.05) is 31.1 Å². The van der Waals surface area contributed by atoms with Crippen molar-refractivity contribution in [2.45, 2.75) is 19.9 Å². The zero-order valence-electron chi connectivity index (χ0n) is 15.3. The molecule has 1 fully saturated rings. The second kappa shape index (κ2) is 7.22. The van der Waals surface area contributed by atoms with Gasteiger partial charge >= 0.3 is 0 Å². The number of benzene rings is 1. The number of nitrogens with zero attached hydrogens (tertiary/aromatic N) is 5. The molecule has 1 aliphatic rings. The van der Waals surface area contributed by atoms with Gasteiger partial charge in [-0.2, -0.15) is 0 Å². The van der Waals surface area contributed by atoms with Crippen molar-refractivity contribution >= 4 is 22.6 Å². The number of H-pyrrole nitrogens is 1. The number of fused-ring (bicyclic) bond motifs is 1. The highest BCUT2D eigenvalue weighted by Gasteiger charge is 2.23. The number of amides is 1. The van der Waals surface area contributed by atoms with E-state index < -0.39 is 0 Å². The lowest BCUT2D eigenvalue weighted by atomic mass is 10.2. The molecule has 0 atom stereocenters. The third kappa shape index (κ3) is 3.42. The number of aromatic nitrogens is 4. The van der Waals surface area contributed by atoms with Crippen LogP contribution in [0.15, 0.2) is 41.5 Å². The van der Waals surface area contributed by atoms with Gasteiger partial charge in [-0.1, -0.05) is 19.1 Å². The van der Waals surface area contributed by atoms with Crippen LogP contribution < -0.4 is 10.5 Å². The number of anilines is 1. The topological polar surface area (TPSA) is 87.1 Å². The fraction of sp³-hybridized carbons (Fsp3) is 0.368. The summed E-state index contributed by atoms with van der Waals surface area (Å²) < 4.78 is 1.39. The number of rotatable bonds is 4. The van der Waals surface area contributed by atoms with Gasteiger partial charge in [-0.25, -0.2) is 14.6 Å². The first kappa shape index (κ1) is 17.3. The zero-order chi connectivity index (χ0) is 18.8. The van der Waals surface area contributed by atoms with Gasteiger partial charge in [-0.05, 0) is 18.6 Å². The number of hydrogen-bond donors (Lipinski definition) is 1. The largest absolute Gasteiger partial charge is 0.353 e. The van der Waals surface area contributed by atoms with E-state index in [9.17, 15) is 9.59 Å². The van der Waals surface area contributed by atoms with Crippen LogP contribution in [0.2, 0.25) is 0 Å². The number of carbonyl (C=O) groups is 1. The fourth-order valence-electron chi connectivity index (χ4n) is 3.39. The van der Waals surface area contributed by atoms with Crippen LogP contribution in [-0.4, -0.2) is 56.7 Å². The minimum atomic E-state index is -0.161. The lowest BCUT2D eigenvalue weighted by Gasteiger charge is -2.35. The van der Waals surface area contributed by atoms with E-state index in [1.54, 1.807) is 17.3 Å². The summed E-state index contributed by atoms with van der Waals surface area (Å²) in [7, 11) is 0. The van der Waals surface area contributed by atoms with Crippen molar-refractivity contribution in [1.29, 1.82) is 0 Å². The molecule has 0 bridgehead atoms. The highest BCUT2D eigenvalue weighted by molar-refractivity contribution is 5.80. The highest BCUT2D eigenvalue weighted by atomic mass is 16.2. The molecular formula is C19H22N6O2. The van der Waals surface area contributed by atoms with Crippen LogP contribution in [0.5, 0.6) is 0 Å². The molecule has 0 saturated carbocycles. The molecule has 8 heteroatoms. The average molecular weight is 366 g/mol. The van der Waals surface area contributed by atoms with Crippen molar-refractivity contribution in [3.63, 3.8) is 0 Å². The quantitative estimate of drug-likeness (QED) is 0.745. The molecule has 2 aromatic heterocycles. The molecule has 27 heavy (non-hydrogen) atoms. The van der Waals surface area contributed by atoms with E-state index in [4.69, 9.17) is 0 Å². The number of aromatic amines is 1. The predicted octanol–water partition coefficient (Wildman–Crippen LogP) is 1.03. The number of para-hydroxylation sites is 1. The van der Waals surface area contributed by atoms with Crippen LogP contribution in [0.1, 0.15) is 12.6 Å². The van der Waals surface area contributed by atoms with Crippen LogP contribution >= 0.6 is 0 Å². The Kier molecular flexibility index (Phi) is 4.62. The maximum absolute atomic E-state index is 12.6. The Bertz CT molecular complexity index is 1020. The van der Waals surface area contributed by atoms with E-state index in [2.05, 4.69) is 26.9 Å². The average Bonchev–Trinajstić information content (AvgIpc) is 3.04. The van der Waals surface area contributed by atoms with Gasteiger partial charge in [0.1, 0.15) is 18.7 Å². The van der Waals surface area contributed by atoms with Crippen molar-refractivity contribution in [3.05, 3.63) is 52.7 Å². The summed E-state index contributed by atoms with van der Waals surface area (Å²) in [6.07, 6.45) is 2.46. The summed E-state index contributed by atoms with van der Waals surface area (Å²) in [6.45, 7) is 4.75. The molecule has 0 unspecified atom stereocenters. The fourth-order valence-corrected chi connectivity index (χ4v) is 3.39. The molecule has 1 aromatic carbocycles. The van der Waals surface area contributed by atoms with Gasteiger partial charge in [0, 0.05) is 37.9 Å². The molecule has 4 rings (SSSR count). The van der Waals surface area contributed by atoms with E-state index in [-0.39, 0.29) is 18.0 Å². The molecular weight excluding hydrogens is 344 g/mol. The Morgan fingerprint density at radius 2 is 1.93 bits per heavy atom. The first-order chi connectivity index (χ1) is 13.2. The second-order valence-corrected chi connectivity index (χ2v) is 6.64. The Labute approximate surface area is 156 Å². The zero-order valence-corrected chi connectivity index (χ0v) is 15.3. The summed E-state index contributed by atoms with van der Waals surface area (Å²) in [5, 5.41) is 3.61. The Morgan fingerprint density at radius 3 is 2.67 bits per heavy atom.